The Hall–Kier alpha value is -1.59. The number of unbranched alkanes of at least 4 members (excludes halogenated alkanes) is 27. The van der Waals surface area contributed by atoms with Crippen molar-refractivity contribution in [3.8, 4) is 0 Å². The Labute approximate surface area is 342 Å². The van der Waals surface area contributed by atoms with E-state index in [1.165, 1.54) is 148 Å². The van der Waals surface area contributed by atoms with E-state index in [1.807, 2.05) is 0 Å². The van der Waals surface area contributed by atoms with Crippen LogP contribution in [0.15, 0.2) is 0 Å². The lowest BCUT2D eigenvalue weighted by molar-refractivity contribution is -0.167. The predicted octanol–water partition coefficient (Wildman–Crippen LogP) is 15.4. The van der Waals surface area contributed by atoms with Crippen LogP contribution in [0.25, 0.3) is 0 Å². The minimum Gasteiger partial charge on any atom is -0.462 e. The van der Waals surface area contributed by atoms with Gasteiger partial charge >= 0.3 is 17.9 Å². The molecular weight excluding hydrogens is 685 g/mol. The Bertz CT molecular complexity index is 841. The lowest BCUT2D eigenvalue weighted by Crippen LogP contribution is -2.30. The molecule has 1 unspecified atom stereocenters. The fourth-order valence-corrected chi connectivity index (χ4v) is 7.25. The van der Waals surface area contributed by atoms with Gasteiger partial charge in [-0.05, 0) is 31.1 Å². The van der Waals surface area contributed by atoms with Gasteiger partial charge in [0.05, 0.1) is 0 Å². The second-order valence-electron chi connectivity index (χ2n) is 17.5. The first-order valence-electron chi connectivity index (χ1n) is 24.3. The zero-order valence-corrected chi connectivity index (χ0v) is 37.6. The number of carbonyl (C=O) groups excluding carboxylic acids is 3. The molecule has 0 aliphatic heterocycles. The van der Waals surface area contributed by atoms with E-state index in [0.29, 0.717) is 19.3 Å². The van der Waals surface area contributed by atoms with Gasteiger partial charge in [-0.2, -0.15) is 0 Å². The average molecular weight is 779 g/mol. The Balaban J connectivity index is 4.13. The van der Waals surface area contributed by atoms with Crippen LogP contribution in [0.1, 0.15) is 266 Å². The van der Waals surface area contributed by atoms with E-state index in [1.54, 1.807) is 0 Å². The Morgan fingerprint density at radius 2 is 0.691 bits per heavy atom. The number of carbonyl (C=O) groups is 3. The summed E-state index contributed by atoms with van der Waals surface area (Å²) in [5, 5.41) is 0. The Kier molecular flexibility index (Phi) is 40.8. The van der Waals surface area contributed by atoms with Crippen molar-refractivity contribution in [2.45, 2.75) is 272 Å². The topological polar surface area (TPSA) is 78.9 Å². The summed E-state index contributed by atoms with van der Waals surface area (Å²) < 4.78 is 16.6. The van der Waals surface area contributed by atoms with Gasteiger partial charge in [0, 0.05) is 19.3 Å². The minimum absolute atomic E-state index is 0.0652. The molecule has 55 heavy (non-hydrogen) atoms. The molecule has 0 spiro atoms. The van der Waals surface area contributed by atoms with Crippen LogP contribution in [-0.4, -0.2) is 37.2 Å². The van der Waals surface area contributed by atoms with Crippen LogP contribution >= 0.6 is 0 Å². The average Bonchev–Trinajstić information content (AvgIpc) is 3.17. The molecule has 0 fully saturated rings. The molecule has 0 saturated carbocycles. The van der Waals surface area contributed by atoms with Crippen LogP contribution in [0.2, 0.25) is 0 Å². The molecule has 0 aromatic heterocycles. The van der Waals surface area contributed by atoms with E-state index < -0.39 is 6.10 Å². The van der Waals surface area contributed by atoms with E-state index >= 15 is 0 Å². The molecule has 0 aromatic rings. The molecule has 0 aliphatic rings. The second-order valence-corrected chi connectivity index (χ2v) is 17.5. The molecule has 0 aromatic carbocycles. The lowest BCUT2D eigenvalue weighted by atomic mass is 9.99. The van der Waals surface area contributed by atoms with E-state index in [0.717, 1.165) is 76.0 Å². The van der Waals surface area contributed by atoms with Crippen molar-refractivity contribution in [2.75, 3.05) is 13.2 Å². The molecular formula is C49H94O6. The highest BCUT2D eigenvalue weighted by Crippen LogP contribution is 2.17. The van der Waals surface area contributed by atoms with Gasteiger partial charge in [0.1, 0.15) is 13.2 Å². The number of hydrogen-bond donors (Lipinski definition) is 0. The molecule has 0 bridgehead atoms. The Morgan fingerprint density at radius 3 is 1.04 bits per heavy atom. The first kappa shape index (κ1) is 53.4. The maximum absolute atomic E-state index is 12.7. The van der Waals surface area contributed by atoms with Crippen molar-refractivity contribution >= 4 is 17.9 Å². The van der Waals surface area contributed by atoms with Crippen molar-refractivity contribution in [3.05, 3.63) is 0 Å². The molecule has 6 heteroatoms. The van der Waals surface area contributed by atoms with Crippen LogP contribution in [0.4, 0.5) is 0 Å². The summed E-state index contributed by atoms with van der Waals surface area (Å²) in [6, 6.07) is 0. The first-order chi connectivity index (χ1) is 26.8. The minimum atomic E-state index is -0.759. The summed E-state index contributed by atoms with van der Waals surface area (Å²) in [5.74, 6) is 0.850. The van der Waals surface area contributed by atoms with Gasteiger partial charge in [0.15, 0.2) is 6.10 Å². The highest BCUT2D eigenvalue weighted by atomic mass is 16.6. The first-order valence-corrected chi connectivity index (χ1v) is 24.3. The highest BCUT2D eigenvalue weighted by Gasteiger charge is 2.19. The van der Waals surface area contributed by atoms with Gasteiger partial charge in [-0.1, -0.05) is 227 Å². The van der Waals surface area contributed by atoms with Gasteiger partial charge in [0.25, 0.3) is 0 Å². The fourth-order valence-electron chi connectivity index (χ4n) is 7.25. The van der Waals surface area contributed by atoms with Gasteiger partial charge in [-0.25, -0.2) is 0 Å². The summed E-state index contributed by atoms with van der Waals surface area (Å²) >= 11 is 0. The largest absolute Gasteiger partial charge is 0.462 e. The van der Waals surface area contributed by atoms with Crippen LogP contribution in [0, 0.1) is 11.8 Å². The molecule has 6 nitrogen and oxygen atoms in total. The summed E-state index contributed by atoms with van der Waals surface area (Å²) in [6.45, 7) is 11.3. The van der Waals surface area contributed by atoms with Crippen molar-refractivity contribution in [1.82, 2.24) is 0 Å². The maximum atomic E-state index is 12.7. The van der Waals surface area contributed by atoms with Crippen molar-refractivity contribution in [1.29, 1.82) is 0 Å². The Morgan fingerprint density at radius 1 is 0.382 bits per heavy atom. The van der Waals surface area contributed by atoms with E-state index in [9.17, 15) is 14.4 Å². The number of ether oxygens (including phenoxy) is 3. The van der Waals surface area contributed by atoms with Crippen molar-refractivity contribution in [3.63, 3.8) is 0 Å². The fraction of sp³-hybridized carbons (Fsp3) is 0.939. The molecule has 0 saturated heterocycles. The van der Waals surface area contributed by atoms with Crippen LogP contribution < -0.4 is 0 Å². The quantitative estimate of drug-likeness (QED) is 0.0348. The third kappa shape index (κ3) is 41.9. The summed E-state index contributed by atoms with van der Waals surface area (Å²) in [5.41, 5.74) is 0. The normalized spacial score (nSPS) is 12.5. The second kappa shape index (κ2) is 42.0. The summed E-state index contributed by atoms with van der Waals surface area (Å²) in [7, 11) is 0. The molecule has 0 heterocycles. The number of esters is 3. The summed E-state index contributed by atoms with van der Waals surface area (Å²) in [6.07, 6.45) is 41.1. The third-order valence-electron chi connectivity index (χ3n) is 11.3. The van der Waals surface area contributed by atoms with Crippen molar-refractivity contribution in [2.24, 2.45) is 11.8 Å². The molecule has 2 atom stereocenters. The van der Waals surface area contributed by atoms with Crippen molar-refractivity contribution < 1.29 is 28.6 Å². The van der Waals surface area contributed by atoms with Gasteiger partial charge in [-0.15, -0.1) is 0 Å². The van der Waals surface area contributed by atoms with Crippen LogP contribution in [0.3, 0.4) is 0 Å². The highest BCUT2D eigenvalue weighted by molar-refractivity contribution is 5.71. The molecule has 0 aliphatic carbocycles. The zero-order valence-electron chi connectivity index (χ0n) is 37.6. The lowest BCUT2D eigenvalue weighted by Gasteiger charge is -2.18. The molecule has 0 amide bonds. The van der Waals surface area contributed by atoms with Crippen LogP contribution in [-0.2, 0) is 28.6 Å². The van der Waals surface area contributed by atoms with Gasteiger partial charge < -0.3 is 14.2 Å². The number of hydrogen-bond acceptors (Lipinski definition) is 6. The van der Waals surface area contributed by atoms with Crippen LogP contribution in [0.5, 0.6) is 0 Å². The van der Waals surface area contributed by atoms with E-state index in [2.05, 4.69) is 34.6 Å². The standard InChI is InChI=1S/C49H94O6/c1-6-8-9-27-34-39-47(50)53-42-46(55-49(52)41-36-31-26-22-18-17-20-24-29-33-38-45(5)7-2)43-54-48(51)40-35-30-25-21-16-14-12-10-11-13-15-19-23-28-32-37-44(3)4/h44-46H,6-43H2,1-5H3/t45?,46-/m0/s1. The monoisotopic (exact) mass is 779 g/mol. The summed E-state index contributed by atoms with van der Waals surface area (Å²) in [4.78, 5) is 37.6. The van der Waals surface area contributed by atoms with E-state index in [-0.39, 0.29) is 31.1 Å². The molecule has 0 N–H and O–H groups in total. The predicted molar refractivity (Wildman–Crippen MR) is 233 cm³/mol. The van der Waals surface area contributed by atoms with Gasteiger partial charge in [-0.3, -0.25) is 14.4 Å². The SMILES string of the molecule is CCCCCCCC(=O)OC[C@@H](COC(=O)CCCCCCCCCCCCCCCCCC(C)C)OC(=O)CCCCCCCCCCCCC(C)CC. The molecule has 0 rings (SSSR count). The molecule has 0 radical (unpaired) electrons. The zero-order chi connectivity index (χ0) is 40.5. The third-order valence-corrected chi connectivity index (χ3v) is 11.3. The molecule has 326 valence electrons. The number of rotatable bonds is 43. The maximum Gasteiger partial charge on any atom is 0.306 e. The smallest absolute Gasteiger partial charge is 0.306 e. The van der Waals surface area contributed by atoms with E-state index in [4.69, 9.17) is 14.2 Å². The van der Waals surface area contributed by atoms with Gasteiger partial charge in [0.2, 0.25) is 0 Å².